The fraction of sp³-hybridized carbons (Fsp3) is 0.324. The number of nitrogens with one attached hydrogen (secondary N) is 1. The van der Waals surface area contributed by atoms with Crippen molar-refractivity contribution in [1.29, 1.82) is 0 Å². The molecule has 238 valence electrons. The van der Waals surface area contributed by atoms with Crippen LogP contribution in [0.15, 0.2) is 85.5 Å². The van der Waals surface area contributed by atoms with E-state index in [2.05, 4.69) is 78.1 Å². The molecule has 2 saturated heterocycles. The van der Waals surface area contributed by atoms with Gasteiger partial charge in [0.05, 0.1) is 10.9 Å². The molecular weight excluding hydrogens is 586 g/mol. The van der Waals surface area contributed by atoms with Gasteiger partial charge in [-0.15, -0.1) is 0 Å². The maximum absolute atomic E-state index is 14.0. The number of fused-ring (bicyclic) bond motifs is 1. The Morgan fingerprint density at radius 2 is 1.79 bits per heavy atom. The van der Waals surface area contributed by atoms with E-state index >= 15 is 0 Å². The minimum Gasteiger partial charge on any atom is -0.370 e. The van der Waals surface area contributed by atoms with Crippen LogP contribution in [0.5, 0.6) is 0 Å². The van der Waals surface area contributed by atoms with E-state index in [0.29, 0.717) is 0 Å². The van der Waals surface area contributed by atoms with E-state index in [9.17, 15) is 4.79 Å². The Kier molecular flexibility index (Phi) is 7.24. The molecule has 1 spiro atoms. The zero-order valence-corrected chi connectivity index (χ0v) is 27.0. The van der Waals surface area contributed by atoms with Crippen molar-refractivity contribution < 1.29 is 4.79 Å². The molecule has 1 N–H and O–H groups in total. The fourth-order valence-electron chi connectivity index (χ4n) is 7.42. The average Bonchev–Trinajstić information content (AvgIpc) is 3.89. The van der Waals surface area contributed by atoms with Crippen molar-refractivity contribution in [1.82, 2.24) is 39.7 Å². The lowest BCUT2D eigenvalue weighted by Gasteiger charge is -2.32. The summed E-state index contributed by atoms with van der Waals surface area (Å²) in [7, 11) is 1.88. The van der Waals surface area contributed by atoms with Gasteiger partial charge in [-0.05, 0) is 74.2 Å². The van der Waals surface area contributed by atoms with E-state index in [0.717, 1.165) is 109 Å². The molecule has 6 heterocycles. The monoisotopic (exact) mass is 625 g/mol. The van der Waals surface area contributed by atoms with Gasteiger partial charge in [0.25, 0.3) is 0 Å². The summed E-state index contributed by atoms with van der Waals surface area (Å²) in [6.45, 7) is 11.5. The Bertz CT molecular complexity index is 2010. The van der Waals surface area contributed by atoms with Gasteiger partial charge in [0, 0.05) is 79.6 Å². The predicted octanol–water partition coefficient (Wildman–Crippen LogP) is 5.46. The number of aryl methyl sites for hydroxylation is 2. The molecule has 10 nitrogen and oxygen atoms in total. The molecule has 2 aromatic carbocycles. The Balaban J connectivity index is 0.894. The number of hydrogen-bond donors (Lipinski definition) is 1. The van der Waals surface area contributed by atoms with Gasteiger partial charge >= 0.3 is 0 Å². The number of carbonyl (C=O) groups is 1. The highest BCUT2D eigenvalue weighted by Crippen LogP contribution is 2.43. The van der Waals surface area contributed by atoms with Gasteiger partial charge in [0.15, 0.2) is 5.82 Å². The van der Waals surface area contributed by atoms with Crippen molar-refractivity contribution in [3.05, 3.63) is 96.7 Å². The number of rotatable bonds is 7. The van der Waals surface area contributed by atoms with Crippen molar-refractivity contribution in [3.63, 3.8) is 0 Å². The summed E-state index contributed by atoms with van der Waals surface area (Å²) in [5, 5.41) is 13.1. The maximum Gasteiger partial charge on any atom is 0.234 e. The van der Waals surface area contributed by atoms with Crippen LogP contribution in [0, 0.1) is 12.3 Å². The smallest absolute Gasteiger partial charge is 0.234 e. The fourth-order valence-corrected chi connectivity index (χ4v) is 7.42. The Hall–Kier alpha value is -5.09. The Labute approximate surface area is 274 Å². The number of carbonyl (C=O) groups excluding carboxylic acids is 1. The van der Waals surface area contributed by atoms with Gasteiger partial charge < -0.3 is 9.80 Å². The van der Waals surface area contributed by atoms with E-state index in [1.165, 1.54) is 11.1 Å². The summed E-state index contributed by atoms with van der Waals surface area (Å²) >= 11 is 0. The van der Waals surface area contributed by atoms with Gasteiger partial charge in [0.1, 0.15) is 12.0 Å². The van der Waals surface area contributed by atoms with Crippen LogP contribution in [0.2, 0.25) is 0 Å². The summed E-state index contributed by atoms with van der Waals surface area (Å²) in [6.07, 6.45) is 8.63. The van der Waals surface area contributed by atoms with Gasteiger partial charge in [0.2, 0.25) is 5.91 Å². The van der Waals surface area contributed by atoms with Crippen LogP contribution in [-0.2, 0) is 11.8 Å². The highest BCUT2D eigenvalue weighted by molar-refractivity contribution is 6.03. The van der Waals surface area contributed by atoms with E-state index in [-0.39, 0.29) is 11.3 Å². The molecule has 47 heavy (non-hydrogen) atoms. The quantitative estimate of drug-likeness (QED) is 0.257. The number of amides is 1. The molecule has 0 radical (unpaired) electrons. The first-order valence-electron chi connectivity index (χ1n) is 16.4. The number of benzene rings is 2. The molecule has 8 rings (SSSR count). The van der Waals surface area contributed by atoms with Gasteiger partial charge in [-0.3, -0.25) is 24.5 Å². The summed E-state index contributed by atoms with van der Waals surface area (Å²) in [5.41, 5.74) is 9.10. The Morgan fingerprint density at radius 1 is 0.979 bits per heavy atom. The number of aromatic amines is 1. The van der Waals surface area contributed by atoms with Gasteiger partial charge in [-0.25, -0.2) is 4.98 Å². The van der Waals surface area contributed by atoms with Crippen LogP contribution in [0.3, 0.4) is 0 Å². The van der Waals surface area contributed by atoms with Gasteiger partial charge in [-0.2, -0.15) is 10.2 Å². The first-order chi connectivity index (χ1) is 22.8. The number of pyridine rings is 1. The number of likely N-dealkylation sites (tertiary alicyclic amines) is 1. The third kappa shape index (κ3) is 5.42. The Morgan fingerprint density at radius 3 is 2.53 bits per heavy atom. The summed E-state index contributed by atoms with van der Waals surface area (Å²) in [4.78, 5) is 29.6. The molecule has 0 saturated carbocycles. The van der Waals surface area contributed by atoms with Crippen LogP contribution < -0.4 is 4.90 Å². The second kappa shape index (κ2) is 11.6. The second-order valence-electron chi connectivity index (χ2n) is 13.2. The van der Waals surface area contributed by atoms with Crippen molar-refractivity contribution in [2.24, 2.45) is 12.5 Å². The average molecular weight is 626 g/mol. The lowest BCUT2D eigenvalue weighted by atomic mass is 9.85. The van der Waals surface area contributed by atoms with E-state index in [1.807, 2.05) is 49.3 Å². The molecule has 1 unspecified atom stereocenters. The zero-order valence-electron chi connectivity index (χ0n) is 27.0. The highest BCUT2D eigenvalue weighted by atomic mass is 16.2. The lowest BCUT2D eigenvalue weighted by molar-refractivity contribution is -0.125. The lowest BCUT2D eigenvalue weighted by Crippen LogP contribution is -2.38. The molecule has 3 aromatic heterocycles. The summed E-state index contributed by atoms with van der Waals surface area (Å²) in [5.74, 6) is 0.985. The van der Waals surface area contributed by atoms with Crippen LogP contribution in [-0.4, -0.2) is 84.9 Å². The third-order valence-electron chi connectivity index (χ3n) is 10.2. The van der Waals surface area contributed by atoms with Crippen molar-refractivity contribution >= 4 is 28.1 Å². The molecule has 3 aliphatic heterocycles. The summed E-state index contributed by atoms with van der Waals surface area (Å²) < 4.78 is 1.72. The van der Waals surface area contributed by atoms with Crippen molar-refractivity contribution in [2.75, 3.05) is 44.2 Å². The second-order valence-corrected chi connectivity index (χ2v) is 13.2. The summed E-state index contributed by atoms with van der Waals surface area (Å²) in [6, 6.07) is 18.7. The van der Waals surface area contributed by atoms with Crippen LogP contribution >= 0.6 is 0 Å². The van der Waals surface area contributed by atoms with E-state index < -0.39 is 0 Å². The minimum atomic E-state index is -0.332. The highest BCUT2D eigenvalue weighted by Gasteiger charge is 2.51. The largest absolute Gasteiger partial charge is 0.370 e. The number of aromatic nitrogens is 6. The first-order valence-corrected chi connectivity index (χ1v) is 16.4. The van der Waals surface area contributed by atoms with Crippen LogP contribution in [0.25, 0.3) is 39.1 Å². The molecule has 3 aliphatic rings. The number of hydrogen-bond acceptors (Lipinski definition) is 7. The molecule has 1 amide bonds. The number of anilines is 1. The third-order valence-corrected chi connectivity index (χ3v) is 10.2. The van der Waals surface area contributed by atoms with E-state index in [1.54, 1.807) is 11.0 Å². The van der Waals surface area contributed by atoms with E-state index in [4.69, 9.17) is 0 Å². The molecular formula is C37H39N9O. The SMILES string of the molecule is C=C(CN1CCC2(CCN(c3ccc4[nH]nc(-c5ccc(C)nc5)c4c3)C2=O)C1)N1CC=C(c2ccc(-c3ncn(C)n3)cc2)CC1. The number of nitrogens with zero attached hydrogens (tertiary/aromatic N) is 8. The molecule has 5 aromatic rings. The molecule has 1 atom stereocenters. The van der Waals surface area contributed by atoms with Crippen LogP contribution in [0.1, 0.15) is 30.5 Å². The van der Waals surface area contributed by atoms with Crippen LogP contribution in [0.4, 0.5) is 5.69 Å². The normalized spacial score (nSPS) is 20.1. The predicted molar refractivity (Wildman–Crippen MR) is 184 cm³/mol. The maximum atomic E-state index is 14.0. The van der Waals surface area contributed by atoms with Crippen molar-refractivity contribution in [2.45, 2.75) is 26.2 Å². The molecule has 0 aliphatic carbocycles. The zero-order chi connectivity index (χ0) is 32.1. The molecule has 10 heteroatoms. The topological polar surface area (TPSA) is 99.1 Å². The minimum absolute atomic E-state index is 0.238. The standard InChI is InChI=1S/C37H39N9O/c1-25-4-5-30(21-38-25)34-32-20-31(10-11-33(32)40-41-34)46-19-15-37(36(46)47)14-18-44(23-37)22-26(2)45-16-12-28(13-17-45)27-6-8-29(9-7-27)35-39-24-43(3)42-35/h4-12,20-21,24H,2,13-19,22-23H2,1,3H3,(H,40,41). The molecule has 2 fully saturated rings. The van der Waals surface area contributed by atoms with Gasteiger partial charge in [-0.1, -0.05) is 36.9 Å². The number of H-pyrrole nitrogens is 1. The first kappa shape index (κ1) is 29.3. The molecule has 0 bridgehead atoms. The van der Waals surface area contributed by atoms with Crippen molar-refractivity contribution in [3.8, 4) is 22.6 Å².